The Hall–Kier alpha value is -3.84. The van der Waals surface area contributed by atoms with Gasteiger partial charge in [-0.3, -0.25) is 9.59 Å². The Balaban J connectivity index is 1.25. The number of benzene rings is 3. The minimum atomic E-state index is -0.631. The summed E-state index contributed by atoms with van der Waals surface area (Å²) in [4.78, 5) is 38.7. The van der Waals surface area contributed by atoms with Crippen molar-refractivity contribution in [2.45, 2.75) is 38.9 Å². The van der Waals surface area contributed by atoms with E-state index in [2.05, 4.69) is 11.8 Å². The Morgan fingerprint density at radius 1 is 0.974 bits per heavy atom. The van der Waals surface area contributed by atoms with Gasteiger partial charge in [0, 0.05) is 43.4 Å². The predicted molar refractivity (Wildman–Crippen MR) is 154 cm³/mol. The molecular formula is C31H32ClN5O2. The number of piperazine rings is 1. The lowest BCUT2D eigenvalue weighted by molar-refractivity contribution is -0.144. The van der Waals surface area contributed by atoms with E-state index < -0.39 is 6.04 Å². The maximum atomic E-state index is 14.1. The molecule has 2 aliphatic rings. The molecule has 0 spiro atoms. The second kappa shape index (κ2) is 10.4. The summed E-state index contributed by atoms with van der Waals surface area (Å²) < 4.78 is 2.01. The van der Waals surface area contributed by atoms with Gasteiger partial charge in [-0.15, -0.1) is 0 Å². The summed E-state index contributed by atoms with van der Waals surface area (Å²) in [6.07, 6.45) is 0.111. The number of para-hydroxylation sites is 2. The van der Waals surface area contributed by atoms with Crippen LogP contribution in [0.25, 0.3) is 11.0 Å². The van der Waals surface area contributed by atoms with Crippen molar-refractivity contribution in [3.8, 4) is 0 Å². The quantitative estimate of drug-likeness (QED) is 0.340. The van der Waals surface area contributed by atoms with Crippen molar-refractivity contribution in [1.82, 2.24) is 19.4 Å². The first-order chi connectivity index (χ1) is 18.9. The van der Waals surface area contributed by atoms with Crippen molar-refractivity contribution in [2.75, 3.05) is 31.1 Å². The largest absolute Gasteiger partial charge is 0.368 e. The van der Waals surface area contributed by atoms with Crippen LogP contribution in [0.2, 0.25) is 5.02 Å². The minimum absolute atomic E-state index is 0.00578. The SMILES string of the molecule is Cc1ccc(Cl)cc1N1CCN(C(=O)C[C@@H]2C(=O)N(Cc3ccccc3)[C@H](C)c3nc4ccccc4n32)CC1. The number of fused-ring (bicyclic) bond motifs is 3. The average Bonchev–Trinajstić information content (AvgIpc) is 3.35. The third-order valence-electron chi connectivity index (χ3n) is 8.05. The molecule has 6 rings (SSSR count). The molecule has 0 unspecified atom stereocenters. The molecule has 1 saturated heterocycles. The normalized spacial score (nSPS) is 19.5. The number of amides is 2. The van der Waals surface area contributed by atoms with Crippen molar-refractivity contribution < 1.29 is 9.59 Å². The maximum Gasteiger partial charge on any atom is 0.247 e. The van der Waals surface area contributed by atoms with E-state index >= 15 is 0 Å². The zero-order valence-electron chi connectivity index (χ0n) is 22.3. The van der Waals surface area contributed by atoms with Gasteiger partial charge in [0.2, 0.25) is 11.8 Å². The first-order valence-corrected chi connectivity index (χ1v) is 13.9. The molecule has 1 aromatic heterocycles. The molecule has 2 amide bonds. The van der Waals surface area contributed by atoms with Crippen molar-refractivity contribution in [3.05, 3.63) is 94.8 Å². The van der Waals surface area contributed by atoms with Crippen LogP contribution in [0.3, 0.4) is 0 Å². The molecular weight excluding hydrogens is 510 g/mol. The first kappa shape index (κ1) is 25.4. The molecule has 7 nitrogen and oxygen atoms in total. The van der Waals surface area contributed by atoms with Crippen LogP contribution in [-0.4, -0.2) is 57.3 Å². The number of hydrogen-bond acceptors (Lipinski definition) is 4. The van der Waals surface area contributed by atoms with E-state index in [0.29, 0.717) is 24.7 Å². The van der Waals surface area contributed by atoms with Gasteiger partial charge in [0.25, 0.3) is 0 Å². The fraction of sp³-hybridized carbons (Fsp3) is 0.323. The van der Waals surface area contributed by atoms with Crippen molar-refractivity contribution in [1.29, 1.82) is 0 Å². The molecule has 39 heavy (non-hydrogen) atoms. The van der Waals surface area contributed by atoms with Crippen LogP contribution < -0.4 is 4.90 Å². The highest BCUT2D eigenvalue weighted by molar-refractivity contribution is 6.30. The van der Waals surface area contributed by atoms with Gasteiger partial charge in [0.15, 0.2) is 0 Å². The van der Waals surface area contributed by atoms with Crippen LogP contribution >= 0.6 is 11.6 Å². The van der Waals surface area contributed by atoms with Gasteiger partial charge in [-0.2, -0.15) is 0 Å². The fourth-order valence-electron chi connectivity index (χ4n) is 5.91. The van der Waals surface area contributed by atoms with Gasteiger partial charge in [-0.05, 0) is 49.2 Å². The molecule has 0 saturated carbocycles. The number of aromatic nitrogens is 2. The van der Waals surface area contributed by atoms with Gasteiger partial charge >= 0.3 is 0 Å². The lowest BCUT2D eigenvalue weighted by atomic mass is 10.0. The van der Waals surface area contributed by atoms with Crippen molar-refractivity contribution >= 4 is 40.1 Å². The van der Waals surface area contributed by atoms with Gasteiger partial charge in [-0.1, -0.05) is 60.1 Å². The predicted octanol–water partition coefficient (Wildman–Crippen LogP) is 5.38. The number of rotatable bonds is 5. The lowest BCUT2D eigenvalue weighted by Crippen LogP contribution is -2.51. The number of imidazole rings is 1. The monoisotopic (exact) mass is 541 g/mol. The Labute approximate surface area is 233 Å². The Kier molecular flexibility index (Phi) is 6.77. The fourth-order valence-corrected chi connectivity index (χ4v) is 6.07. The number of hydrogen-bond donors (Lipinski definition) is 0. The molecule has 3 heterocycles. The highest BCUT2D eigenvalue weighted by atomic mass is 35.5. The Morgan fingerprint density at radius 2 is 1.69 bits per heavy atom. The minimum Gasteiger partial charge on any atom is -0.368 e. The van der Waals surface area contributed by atoms with E-state index in [0.717, 1.165) is 41.2 Å². The summed E-state index contributed by atoms with van der Waals surface area (Å²) in [6, 6.07) is 22.9. The van der Waals surface area contributed by atoms with Crippen molar-refractivity contribution in [3.63, 3.8) is 0 Å². The molecule has 0 radical (unpaired) electrons. The van der Waals surface area contributed by atoms with E-state index in [1.54, 1.807) is 0 Å². The Bertz CT molecular complexity index is 1530. The zero-order valence-corrected chi connectivity index (χ0v) is 23.0. The van der Waals surface area contributed by atoms with Gasteiger partial charge in [0.05, 0.1) is 23.5 Å². The molecule has 0 N–H and O–H groups in total. The molecule has 1 fully saturated rings. The van der Waals surface area contributed by atoms with E-state index in [-0.39, 0.29) is 24.3 Å². The van der Waals surface area contributed by atoms with Crippen molar-refractivity contribution in [2.24, 2.45) is 0 Å². The third-order valence-corrected chi connectivity index (χ3v) is 8.29. The third kappa shape index (κ3) is 4.76. The van der Waals surface area contributed by atoms with Gasteiger partial charge < -0.3 is 19.3 Å². The zero-order chi connectivity index (χ0) is 27.1. The highest BCUT2D eigenvalue weighted by Gasteiger charge is 2.41. The number of carbonyl (C=O) groups is 2. The maximum absolute atomic E-state index is 14.1. The molecule has 2 atom stereocenters. The van der Waals surface area contributed by atoms with Gasteiger partial charge in [0.1, 0.15) is 11.9 Å². The lowest BCUT2D eigenvalue weighted by Gasteiger charge is -2.40. The molecule has 3 aromatic carbocycles. The number of nitrogens with zero attached hydrogens (tertiary/aromatic N) is 5. The van der Waals surface area contributed by atoms with Crippen LogP contribution in [-0.2, 0) is 16.1 Å². The van der Waals surface area contributed by atoms with Crippen LogP contribution in [0.4, 0.5) is 5.69 Å². The summed E-state index contributed by atoms with van der Waals surface area (Å²) in [6.45, 7) is 7.23. The van der Waals surface area contributed by atoms with Crippen LogP contribution in [0.1, 0.15) is 42.4 Å². The van der Waals surface area contributed by atoms with Crippen LogP contribution in [0.15, 0.2) is 72.8 Å². The number of carbonyl (C=O) groups excluding carboxylic acids is 2. The van der Waals surface area contributed by atoms with E-state index in [1.807, 2.05) is 94.1 Å². The van der Waals surface area contributed by atoms with E-state index in [1.165, 1.54) is 5.56 Å². The van der Waals surface area contributed by atoms with E-state index in [9.17, 15) is 9.59 Å². The first-order valence-electron chi connectivity index (χ1n) is 13.5. The highest BCUT2D eigenvalue weighted by Crippen LogP contribution is 2.37. The second-order valence-electron chi connectivity index (χ2n) is 10.5. The molecule has 0 aliphatic carbocycles. The second-order valence-corrected chi connectivity index (χ2v) is 10.9. The summed E-state index contributed by atoms with van der Waals surface area (Å²) >= 11 is 6.25. The molecule has 4 aromatic rings. The molecule has 200 valence electrons. The topological polar surface area (TPSA) is 61.7 Å². The number of anilines is 1. The average molecular weight is 542 g/mol. The van der Waals surface area contributed by atoms with Gasteiger partial charge in [-0.25, -0.2) is 4.98 Å². The summed E-state index contributed by atoms with van der Waals surface area (Å²) in [7, 11) is 0. The number of halogens is 1. The number of aryl methyl sites for hydroxylation is 1. The summed E-state index contributed by atoms with van der Waals surface area (Å²) in [5.74, 6) is 0.781. The molecule has 8 heteroatoms. The smallest absolute Gasteiger partial charge is 0.247 e. The molecule has 2 aliphatic heterocycles. The van der Waals surface area contributed by atoms with Crippen LogP contribution in [0.5, 0.6) is 0 Å². The van der Waals surface area contributed by atoms with E-state index in [4.69, 9.17) is 16.6 Å². The van der Waals surface area contributed by atoms with Crippen LogP contribution in [0, 0.1) is 6.92 Å². The standard InChI is InChI=1S/C31H32ClN5O2/c1-21-12-13-24(32)18-27(21)34-14-16-35(17-15-34)29(38)19-28-31(39)36(20-23-8-4-3-5-9-23)22(2)30-33-25-10-6-7-11-26(25)37(28)30/h3-13,18,22,28H,14-17,19-20H2,1-2H3/t22-,28-/m1/s1. The Morgan fingerprint density at radius 3 is 2.46 bits per heavy atom. The summed E-state index contributed by atoms with van der Waals surface area (Å²) in [5, 5.41) is 0.711. The molecule has 0 bridgehead atoms. The summed E-state index contributed by atoms with van der Waals surface area (Å²) in [5.41, 5.74) is 5.07.